The average Bonchev–Trinajstić information content (AvgIpc) is 2.92. The summed E-state index contributed by atoms with van der Waals surface area (Å²) < 4.78 is 16.1. The number of rotatable bonds is 2. The van der Waals surface area contributed by atoms with Crippen molar-refractivity contribution in [1.82, 2.24) is 0 Å². The van der Waals surface area contributed by atoms with Gasteiger partial charge in [0.15, 0.2) is 0 Å². The minimum absolute atomic E-state index is 0.391. The van der Waals surface area contributed by atoms with Crippen molar-refractivity contribution < 1.29 is 13.6 Å². The van der Waals surface area contributed by atoms with Gasteiger partial charge >= 0.3 is 5.63 Å². The number of methoxy groups -OCH3 is 1. The first-order valence-electron chi connectivity index (χ1n) is 7.26. The molecule has 0 unspecified atom stereocenters. The van der Waals surface area contributed by atoms with Crippen LogP contribution in [0.5, 0.6) is 5.75 Å². The fourth-order valence-corrected chi connectivity index (χ4v) is 2.84. The molecule has 0 spiro atoms. The van der Waals surface area contributed by atoms with Crippen molar-refractivity contribution in [3.63, 3.8) is 0 Å². The van der Waals surface area contributed by atoms with Crippen LogP contribution in [0.4, 0.5) is 0 Å². The summed E-state index contributed by atoms with van der Waals surface area (Å²) in [4.78, 5) is 11.9. The van der Waals surface area contributed by atoms with Gasteiger partial charge in [-0.05, 0) is 41.8 Å². The van der Waals surface area contributed by atoms with Gasteiger partial charge in [-0.2, -0.15) is 0 Å². The van der Waals surface area contributed by atoms with E-state index in [1.807, 2.05) is 37.3 Å². The van der Waals surface area contributed by atoms with Crippen LogP contribution in [0, 0.1) is 6.92 Å². The molecule has 4 nitrogen and oxygen atoms in total. The Balaban J connectivity index is 2.09. The van der Waals surface area contributed by atoms with E-state index in [-0.39, 0.29) is 0 Å². The summed E-state index contributed by atoms with van der Waals surface area (Å²) in [7, 11) is 1.62. The van der Waals surface area contributed by atoms with Gasteiger partial charge in [0.05, 0.1) is 13.4 Å². The van der Waals surface area contributed by atoms with Crippen molar-refractivity contribution in [3.8, 4) is 16.9 Å². The Kier molecular flexibility index (Phi) is 2.98. The summed E-state index contributed by atoms with van der Waals surface area (Å²) in [6, 6.07) is 12.9. The molecule has 0 aliphatic rings. The third-order valence-corrected chi connectivity index (χ3v) is 4.01. The highest BCUT2D eigenvalue weighted by molar-refractivity contribution is 6.01. The van der Waals surface area contributed by atoms with Gasteiger partial charge in [-0.25, -0.2) is 4.79 Å². The minimum atomic E-state index is -0.391. The SMILES string of the molecule is COc1cccc(-c2cc(=O)oc3cc4occ(C)c4cc23)c1. The Morgan fingerprint density at radius 2 is 1.87 bits per heavy atom. The van der Waals surface area contributed by atoms with Crippen molar-refractivity contribution >= 4 is 21.9 Å². The number of furan rings is 1. The van der Waals surface area contributed by atoms with Crippen LogP contribution in [-0.4, -0.2) is 7.11 Å². The van der Waals surface area contributed by atoms with E-state index in [2.05, 4.69) is 0 Å². The summed E-state index contributed by atoms with van der Waals surface area (Å²) in [6.45, 7) is 1.99. The number of aryl methyl sites for hydroxylation is 1. The monoisotopic (exact) mass is 306 g/mol. The summed E-state index contributed by atoms with van der Waals surface area (Å²) in [5, 5.41) is 1.88. The quantitative estimate of drug-likeness (QED) is 0.511. The fraction of sp³-hybridized carbons (Fsp3) is 0.105. The number of benzene rings is 2. The van der Waals surface area contributed by atoms with Crippen LogP contribution in [0.3, 0.4) is 0 Å². The largest absolute Gasteiger partial charge is 0.497 e. The molecule has 114 valence electrons. The Labute approximate surface area is 131 Å². The van der Waals surface area contributed by atoms with Crippen LogP contribution in [0.25, 0.3) is 33.1 Å². The van der Waals surface area contributed by atoms with Crippen LogP contribution in [-0.2, 0) is 0 Å². The molecule has 0 fully saturated rings. The molecule has 23 heavy (non-hydrogen) atoms. The molecule has 0 amide bonds. The van der Waals surface area contributed by atoms with Crippen LogP contribution in [0.2, 0.25) is 0 Å². The third-order valence-electron chi connectivity index (χ3n) is 4.01. The van der Waals surface area contributed by atoms with E-state index >= 15 is 0 Å². The van der Waals surface area contributed by atoms with Gasteiger partial charge < -0.3 is 13.6 Å². The van der Waals surface area contributed by atoms with E-state index in [0.717, 1.165) is 33.2 Å². The first-order valence-corrected chi connectivity index (χ1v) is 7.26. The number of fused-ring (bicyclic) bond motifs is 2. The van der Waals surface area contributed by atoms with Gasteiger partial charge in [0.25, 0.3) is 0 Å². The van der Waals surface area contributed by atoms with Crippen molar-refractivity contribution in [2.24, 2.45) is 0 Å². The van der Waals surface area contributed by atoms with E-state index in [4.69, 9.17) is 13.6 Å². The molecule has 0 aliphatic carbocycles. The molecule has 0 aliphatic heterocycles. The highest BCUT2D eigenvalue weighted by atomic mass is 16.5. The maximum absolute atomic E-state index is 11.9. The molecule has 2 aromatic heterocycles. The predicted molar refractivity (Wildman–Crippen MR) is 89.0 cm³/mol. The van der Waals surface area contributed by atoms with E-state index in [0.29, 0.717) is 11.2 Å². The predicted octanol–water partition coefficient (Wildman–Crippen LogP) is 4.52. The molecule has 4 aromatic rings. The molecule has 0 atom stereocenters. The Bertz CT molecular complexity index is 1090. The molecule has 0 N–H and O–H groups in total. The number of hydrogen-bond donors (Lipinski definition) is 0. The average molecular weight is 306 g/mol. The third kappa shape index (κ3) is 2.19. The summed E-state index contributed by atoms with van der Waals surface area (Å²) >= 11 is 0. The fourth-order valence-electron chi connectivity index (χ4n) is 2.84. The number of ether oxygens (including phenoxy) is 1. The molecule has 4 rings (SSSR count). The standard InChI is InChI=1S/C19H14O4/c1-11-10-22-17-9-18-16(7-14(11)17)15(8-19(20)23-18)12-4-3-5-13(6-12)21-2/h3-10H,1-2H3. The number of hydrogen-bond acceptors (Lipinski definition) is 4. The van der Waals surface area contributed by atoms with Crippen molar-refractivity contribution in [3.05, 3.63) is 64.7 Å². The molecule has 2 aromatic carbocycles. The maximum atomic E-state index is 11.9. The second-order valence-electron chi connectivity index (χ2n) is 5.47. The van der Waals surface area contributed by atoms with Crippen molar-refractivity contribution in [1.29, 1.82) is 0 Å². The molecule has 0 saturated carbocycles. The lowest BCUT2D eigenvalue weighted by molar-refractivity contribution is 0.415. The lowest BCUT2D eigenvalue weighted by atomic mass is 10.0. The van der Waals surface area contributed by atoms with Gasteiger partial charge in [0, 0.05) is 22.9 Å². The smallest absolute Gasteiger partial charge is 0.336 e. The lowest BCUT2D eigenvalue weighted by Gasteiger charge is -2.08. The van der Waals surface area contributed by atoms with Gasteiger partial charge in [-0.3, -0.25) is 0 Å². The van der Waals surface area contributed by atoms with Gasteiger partial charge in [-0.1, -0.05) is 12.1 Å². The van der Waals surface area contributed by atoms with E-state index < -0.39 is 5.63 Å². The summed E-state index contributed by atoms with van der Waals surface area (Å²) in [5.74, 6) is 0.740. The Hall–Kier alpha value is -3.01. The molecular formula is C19H14O4. The lowest BCUT2D eigenvalue weighted by Crippen LogP contribution is -1.98. The van der Waals surface area contributed by atoms with Crippen LogP contribution >= 0.6 is 0 Å². The topological polar surface area (TPSA) is 52.6 Å². The molecule has 4 heteroatoms. The van der Waals surface area contributed by atoms with Crippen LogP contribution in [0.1, 0.15) is 5.56 Å². The van der Waals surface area contributed by atoms with Gasteiger partial charge in [0.2, 0.25) is 0 Å². The molecule has 0 radical (unpaired) electrons. The zero-order valence-electron chi connectivity index (χ0n) is 12.8. The minimum Gasteiger partial charge on any atom is -0.497 e. The maximum Gasteiger partial charge on any atom is 0.336 e. The van der Waals surface area contributed by atoms with E-state index in [9.17, 15) is 4.79 Å². The highest BCUT2D eigenvalue weighted by Gasteiger charge is 2.12. The van der Waals surface area contributed by atoms with Gasteiger partial charge in [0.1, 0.15) is 16.9 Å². The first kappa shape index (κ1) is 13.6. The molecular weight excluding hydrogens is 292 g/mol. The zero-order chi connectivity index (χ0) is 16.0. The Morgan fingerprint density at radius 1 is 1.00 bits per heavy atom. The summed E-state index contributed by atoms with van der Waals surface area (Å²) in [5.41, 5.74) is 3.60. The van der Waals surface area contributed by atoms with Crippen LogP contribution < -0.4 is 10.4 Å². The Morgan fingerprint density at radius 3 is 2.70 bits per heavy atom. The van der Waals surface area contributed by atoms with Crippen LogP contribution in [0.15, 0.2) is 62.4 Å². The van der Waals surface area contributed by atoms with Crippen molar-refractivity contribution in [2.45, 2.75) is 6.92 Å². The second-order valence-corrected chi connectivity index (χ2v) is 5.47. The zero-order valence-corrected chi connectivity index (χ0v) is 12.8. The molecule has 0 bridgehead atoms. The van der Waals surface area contributed by atoms with E-state index in [1.165, 1.54) is 6.07 Å². The highest BCUT2D eigenvalue weighted by Crippen LogP contribution is 2.33. The summed E-state index contributed by atoms with van der Waals surface area (Å²) in [6.07, 6.45) is 1.70. The van der Waals surface area contributed by atoms with Crippen molar-refractivity contribution in [2.75, 3.05) is 7.11 Å². The second kappa shape index (κ2) is 5.02. The first-order chi connectivity index (χ1) is 11.2. The normalized spacial score (nSPS) is 11.2. The molecule has 0 saturated heterocycles. The van der Waals surface area contributed by atoms with E-state index in [1.54, 1.807) is 19.4 Å². The van der Waals surface area contributed by atoms with Gasteiger partial charge in [-0.15, -0.1) is 0 Å². The molecule has 2 heterocycles.